The van der Waals surface area contributed by atoms with E-state index in [0.717, 1.165) is 5.56 Å². The highest BCUT2D eigenvalue weighted by Gasteiger charge is 2.39. The number of hydrogen-bond acceptors (Lipinski definition) is 4. The van der Waals surface area contributed by atoms with Crippen LogP contribution in [0.4, 0.5) is 0 Å². The average Bonchev–Trinajstić information content (AvgIpc) is 2.54. The number of ether oxygens (including phenoxy) is 2. The molecule has 0 spiro atoms. The summed E-state index contributed by atoms with van der Waals surface area (Å²) in [5.74, 6) is -0.337. The number of carbonyl (C=O) groups is 1. The Morgan fingerprint density at radius 2 is 1.67 bits per heavy atom. The number of benzene rings is 2. The number of esters is 1. The van der Waals surface area contributed by atoms with Crippen molar-refractivity contribution in [3.05, 3.63) is 65.7 Å². The topological polar surface area (TPSA) is 55.8 Å². The zero-order chi connectivity index (χ0) is 15.3. The first-order chi connectivity index (χ1) is 10.1. The second-order valence-electron chi connectivity index (χ2n) is 4.67. The summed E-state index contributed by atoms with van der Waals surface area (Å²) in [6.45, 7) is 0. The second kappa shape index (κ2) is 6.41. The second-order valence-corrected chi connectivity index (χ2v) is 4.67. The van der Waals surface area contributed by atoms with E-state index in [0.29, 0.717) is 5.56 Å². The van der Waals surface area contributed by atoms with Crippen molar-refractivity contribution in [3.8, 4) is 5.75 Å². The Morgan fingerprint density at radius 1 is 1.05 bits per heavy atom. The number of para-hydroxylation sites is 1. The van der Waals surface area contributed by atoms with Crippen LogP contribution < -0.4 is 0 Å². The normalized spacial score (nSPS) is 13.4. The molecule has 1 N–H and O–H groups in total. The lowest BCUT2D eigenvalue weighted by Gasteiger charge is -2.33. The third kappa shape index (κ3) is 2.90. The van der Waals surface area contributed by atoms with Gasteiger partial charge in [-0.15, -0.1) is 0 Å². The maximum atomic E-state index is 11.9. The first kappa shape index (κ1) is 15.1. The van der Waals surface area contributed by atoms with Crippen LogP contribution >= 0.6 is 0 Å². The van der Waals surface area contributed by atoms with Crippen molar-refractivity contribution in [1.29, 1.82) is 0 Å². The molecule has 1 unspecified atom stereocenters. The number of carbonyl (C=O) groups excluding carboxylic acids is 1. The maximum Gasteiger partial charge on any atom is 0.309 e. The van der Waals surface area contributed by atoms with Gasteiger partial charge in [-0.05, 0) is 11.6 Å². The van der Waals surface area contributed by atoms with Gasteiger partial charge in [0.1, 0.15) is 11.4 Å². The van der Waals surface area contributed by atoms with E-state index in [9.17, 15) is 9.90 Å². The van der Waals surface area contributed by atoms with Crippen molar-refractivity contribution >= 4 is 5.97 Å². The van der Waals surface area contributed by atoms with Crippen LogP contribution in [0.1, 0.15) is 17.5 Å². The van der Waals surface area contributed by atoms with Gasteiger partial charge >= 0.3 is 5.97 Å². The molecule has 110 valence electrons. The first-order valence-electron chi connectivity index (χ1n) is 6.60. The molecule has 0 radical (unpaired) electrons. The van der Waals surface area contributed by atoms with Gasteiger partial charge in [0.2, 0.25) is 0 Å². The molecule has 0 heterocycles. The van der Waals surface area contributed by atoms with Gasteiger partial charge in [-0.3, -0.25) is 4.79 Å². The van der Waals surface area contributed by atoms with Crippen LogP contribution in [0, 0.1) is 0 Å². The predicted molar refractivity (Wildman–Crippen MR) is 79.0 cm³/mol. The van der Waals surface area contributed by atoms with E-state index in [2.05, 4.69) is 0 Å². The lowest BCUT2D eigenvalue weighted by molar-refractivity contribution is -0.146. The van der Waals surface area contributed by atoms with E-state index < -0.39 is 11.6 Å². The summed E-state index contributed by atoms with van der Waals surface area (Å²) >= 11 is 0. The van der Waals surface area contributed by atoms with Crippen molar-refractivity contribution < 1.29 is 19.4 Å². The summed E-state index contributed by atoms with van der Waals surface area (Å²) in [5, 5.41) is 10.2. The Hall–Kier alpha value is -2.33. The molecule has 0 amide bonds. The van der Waals surface area contributed by atoms with E-state index in [1.165, 1.54) is 14.2 Å². The average molecular weight is 286 g/mol. The molecule has 4 nitrogen and oxygen atoms in total. The van der Waals surface area contributed by atoms with Crippen LogP contribution in [0.2, 0.25) is 0 Å². The van der Waals surface area contributed by atoms with Crippen LogP contribution in [0.5, 0.6) is 5.75 Å². The minimum absolute atomic E-state index is 0.0262. The largest absolute Gasteiger partial charge is 0.508 e. The van der Waals surface area contributed by atoms with E-state index in [1.54, 1.807) is 24.3 Å². The van der Waals surface area contributed by atoms with E-state index >= 15 is 0 Å². The van der Waals surface area contributed by atoms with Gasteiger partial charge in [0.15, 0.2) is 0 Å². The summed E-state index contributed by atoms with van der Waals surface area (Å²) in [6.07, 6.45) is -0.0262. The van der Waals surface area contributed by atoms with Crippen LogP contribution in [0.3, 0.4) is 0 Å². The van der Waals surface area contributed by atoms with Crippen molar-refractivity contribution in [3.63, 3.8) is 0 Å². The van der Waals surface area contributed by atoms with Gasteiger partial charge in [0.25, 0.3) is 0 Å². The lowest BCUT2D eigenvalue weighted by atomic mass is 9.82. The molecule has 2 rings (SSSR count). The summed E-state index contributed by atoms with van der Waals surface area (Å²) in [5.41, 5.74) is 0.225. The Balaban J connectivity index is 2.63. The van der Waals surface area contributed by atoms with Crippen LogP contribution in [-0.2, 0) is 19.9 Å². The van der Waals surface area contributed by atoms with Crippen molar-refractivity contribution in [2.24, 2.45) is 0 Å². The Bertz CT molecular complexity index is 609. The molecular formula is C17H18O4. The third-order valence-electron chi connectivity index (χ3n) is 3.55. The van der Waals surface area contributed by atoms with E-state index in [1.807, 2.05) is 30.3 Å². The first-order valence-corrected chi connectivity index (χ1v) is 6.60. The molecule has 21 heavy (non-hydrogen) atoms. The molecule has 0 fully saturated rings. The zero-order valence-electron chi connectivity index (χ0n) is 12.1. The molecule has 0 aromatic heterocycles. The standard InChI is InChI=1S/C17H18O4/c1-20-16(19)12-17(21-2,13-8-4-3-5-9-13)14-10-6-7-11-15(14)18/h3-11,18H,12H2,1-2H3. The number of phenols is 1. The summed E-state index contributed by atoms with van der Waals surface area (Å²) < 4.78 is 10.5. The molecule has 0 aliphatic heterocycles. The van der Waals surface area contributed by atoms with Crippen LogP contribution in [0.25, 0.3) is 0 Å². The predicted octanol–water partition coefficient (Wildman–Crippen LogP) is 2.85. The van der Waals surface area contributed by atoms with Crippen LogP contribution in [0.15, 0.2) is 54.6 Å². The van der Waals surface area contributed by atoms with Gasteiger partial charge < -0.3 is 14.6 Å². The molecule has 4 heteroatoms. The van der Waals surface area contributed by atoms with E-state index in [-0.39, 0.29) is 12.2 Å². The Labute approximate surface area is 123 Å². The fourth-order valence-corrected chi connectivity index (χ4v) is 2.45. The Morgan fingerprint density at radius 3 is 2.24 bits per heavy atom. The summed E-state index contributed by atoms with van der Waals surface area (Å²) in [7, 11) is 2.85. The van der Waals surface area contributed by atoms with Crippen molar-refractivity contribution in [1.82, 2.24) is 0 Å². The highest BCUT2D eigenvalue weighted by molar-refractivity contribution is 5.72. The highest BCUT2D eigenvalue weighted by Crippen LogP contribution is 2.40. The molecule has 2 aromatic rings. The monoisotopic (exact) mass is 286 g/mol. The smallest absolute Gasteiger partial charge is 0.309 e. The maximum absolute atomic E-state index is 11.9. The minimum atomic E-state index is -1.08. The fourth-order valence-electron chi connectivity index (χ4n) is 2.45. The molecule has 0 bridgehead atoms. The SMILES string of the molecule is COC(=O)CC(OC)(c1ccccc1)c1ccccc1O. The van der Waals surface area contributed by atoms with Gasteiger partial charge in [-0.1, -0.05) is 48.5 Å². The zero-order valence-corrected chi connectivity index (χ0v) is 12.1. The molecule has 0 aliphatic rings. The highest BCUT2D eigenvalue weighted by atomic mass is 16.5. The lowest BCUT2D eigenvalue weighted by Crippen LogP contribution is -2.33. The molecule has 0 saturated heterocycles. The molecule has 2 aromatic carbocycles. The van der Waals surface area contributed by atoms with Gasteiger partial charge in [-0.25, -0.2) is 0 Å². The number of hydrogen-bond donors (Lipinski definition) is 1. The molecule has 0 saturated carbocycles. The number of rotatable bonds is 5. The molecule has 0 aliphatic carbocycles. The minimum Gasteiger partial charge on any atom is -0.508 e. The van der Waals surface area contributed by atoms with Gasteiger partial charge in [0, 0.05) is 12.7 Å². The van der Waals surface area contributed by atoms with Gasteiger partial charge in [0.05, 0.1) is 13.5 Å². The number of phenolic OH excluding ortho intramolecular Hbond substituents is 1. The Kier molecular flexibility index (Phi) is 4.60. The van der Waals surface area contributed by atoms with Crippen molar-refractivity contribution in [2.75, 3.05) is 14.2 Å². The fraction of sp³-hybridized carbons (Fsp3) is 0.235. The number of methoxy groups -OCH3 is 2. The molecular weight excluding hydrogens is 268 g/mol. The number of aromatic hydroxyl groups is 1. The third-order valence-corrected chi connectivity index (χ3v) is 3.55. The van der Waals surface area contributed by atoms with Crippen LogP contribution in [-0.4, -0.2) is 25.3 Å². The van der Waals surface area contributed by atoms with Gasteiger partial charge in [-0.2, -0.15) is 0 Å². The quantitative estimate of drug-likeness (QED) is 0.859. The molecule has 1 atom stereocenters. The summed E-state index contributed by atoms with van der Waals surface area (Å²) in [6, 6.07) is 16.2. The van der Waals surface area contributed by atoms with Crippen molar-refractivity contribution in [2.45, 2.75) is 12.0 Å². The summed E-state index contributed by atoms with van der Waals surface area (Å²) in [4.78, 5) is 11.9. The van der Waals surface area contributed by atoms with E-state index in [4.69, 9.17) is 9.47 Å².